The van der Waals surface area contributed by atoms with Crippen molar-refractivity contribution >= 4 is 21.7 Å². The van der Waals surface area contributed by atoms with Gasteiger partial charge in [-0.2, -0.15) is 0 Å². The van der Waals surface area contributed by atoms with E-state index in [0.717, 1.165) is 16.8 Å². The van der Waals surface area contributed by atoms with Crippen molar-refractivity contribution in [2.24, 2.45) is 0 Å². The molecular formula is C15H22BrNO3. The van der Waals surface area contributed by atoms with Gasteiger partial charge in [0.1, 0.15) is 5.75 Å². The minimum absolute atomic E-state index is 0.0955. The third-order valence-corrected chi connectivity index (χ3v) is 3.75. The van der Waals surface area contributed by atoms with Crippen LogP contribution in [0.3, 0.4) is 0 Å². The zero-order chi connectivity index (χ0) is 15.1. The minimum atomic E-state index is 0.0955. The van der Waals surface area contributed by atoms with Crippen molar-refractivity contribution in [3.05, 3.63) is 28.2 Å². The summed E-state index contributed by atoms with van der Waals surface area (Å²) in [6.07, 6.45) is 0. The molecule has 112 valence electrons. The number of hydrogen-bond donors (Lipinski definition) is 0. The lowest BCUT2D eigenvalue weighted by Gasteiger charge is -2.25. The van der Waals surface area contributed by atoms with E-state index < -0.39 is 0 Å². The van der Waals surface area contributed by atoms with Gasteiger partial charge in [0.2, 0.25) is 0 Å². The molecule has 1 aromatic rings. The quantitative estimate of drug-likeness (QED) is 0.680. The highest BCUT2D eigenvalue weighted by atomic mass is 79.9. The largest absolute Gasteiger partial charge is 0.496 e. The predicted octanol–water partition coefficient (Wildman–Crippen LogP) is 3.00. The van der Waals surface area contributed by atoms with E-state index in [2.05, 4.69) is 34.7 Å². The van der Waals surface area contributed by atoms with Gasteiger partial charge in [0.15, 0.2) is 5.78 Å². The normalized spacial score (nSPS) is 11.2. The van der Waals surface area contributed by atoms with Crippen molar-refractivity contribution in [2.75, 3.05) is 33.9 Å². The van der Waals surface area contributed by atoms with Crippen LogP contribution < -0.4 is 4.74 Å². The van der Waals surface area contributed by atoms with Crippen LogP contribution in [0.2, 0.25) is 0 Å². The SMILES string of the molecule is COCCN(CC(=O)c1ccc(OC)c(Br)c1)C(C)C. The maximum atomic E-state index is 12.3. The Hall–Kier alpha value is -0.910. The third-order valence-electron chi connectivity index (χ3n) is 3.13. The molecule has 0 bridgehead atoms. The lowest BCUT2D eigenvalue weighted by molar-refractivity contribution is 0.0852. The fraction of sp³-hybridized carbons (Fsp3) is 0.533. The summed E-state index contributed by atoms with van der Waals surface area (Å²) >= 11 is 3.40. The van der Waals surface area contributed by atoms with E-state index >= 15 is 0 Å². The van der Waals surface area contributed by atoms with Gasteiger partial charge >= 0.3 is 0 Å². The summed E-state index contributed by atoms with van der Waals surface area (Å²) in [6, 6.07) is 5.69. The number of rotatable bonds is 8. The van der Waals surface area contributed by atoms with Crippen molar-refractivity contribution in [1.82, 2.24) is 4.90 Å². The molecule has 0 aliphatic heterocycles. The van der Waals surface area contributed by atoms with Crippen LogP contribution in [0.25, 0.3) is 0 Å². The molecule has 0 unspecified atom stereocenters. The zero-order valence-electron chi connectivity index (χ0n) is 12.5. The van der Waals surface area contributed by atoms with Crippen LogP contribution in [0, 0.1) is 0 Å². The Morgan fingerprint density at radius 2 is 2.05 bits per heavy atom. The number of ether oxygens (including phenoxy) is 2. The molecule has 5 heteroatoms. The van der Waals surface area contributed by atoms with Crippen LogP contribution >= 0.6 is 15.9 Å². The van der Waals surface area contributed by atoms with Crippen molar-refractivity contribution in [3.8, 4) is 5.75 Å². The summed E-state index contributed by atoms with van der Waals surface area (Å²) in [5.41, 5.74) is 0.681. The molecule has 0 N–H and O–H groups in total. The molecule has 0 fully saturated rings. The summed E-state index contributed by atoms with van der Waals surface area (Å²) in [6.45, 7) is 5.91. The van der Waals surface area contributed by atoms with Gasteiger partial charge in [0.25, 0.3) is 0 Å². The van der Waals surface area contributed by atoms with Gasteiger partial charge < -0.3 is 9.47 Å². The third kappa shape index (κ3) is 4.89. The fourth-order valence-electron chi connectivity index (χ4n) is 1.84. The van der Waals surface area contributed by atoms with Crippen molar-refractivity contribution < 1.29 is 14.3 Å². The molecule has 0 spiro atoms. The summed E-state index contributed by atoms with van der Waals surface area (Å²) in [7, 11) is 3.27. The molecule has 0 atom stereocenters. The first kappa shape index (κ1) is 17.1. The fourth-order valence-corrected chi connectivity index (χ4v) is 2.38. The van der Waals surface area contributed by atoms with E-state index in [1.807, 2.05) is 0 Å². The van der Waals surface area contributed by atoms with Gasteiger partial charge in [-0.05, 0) is 48.0 Å². The average Bonchev–Trinajstić information content (AvgIpc) is 2.42. The molecule has 20 heavy (non-hydrogen) atoms. The molecule has 0 heterocycles. The highest BCUT2D eigenvalue weighted by Gasteiger charge is 2.16. The van der Waals surface area contributed by atoms with Crippen LogP contribution in [0.1, 0.15) is 24.2 Å². The number of hydrogen-bond acceptors (Lipinski definition) is 4. The zero-order valence-corrected chi connectivity index (χ0v) is 14.1. The maximum Gasteiger partial charge on any atom is 0.176 e. The molecule has 0 saturated carbocycles. The van der Waals surface area contributed by atoms with Gasteiger partial charge in [-0.25, -0.2) is 0 Å². The van der Waals surface area contributed by atoms with Crippen LogP contribution in [0.15, 0.2) is 22.7 Å². The molecule has 0 radical (unpaired) electrons. The topological polar surface area (TPSA) is 38.8 Å². The molecule has 0 amide bonds. The number of ketones is 1. The monoisotopic (exact) mass is 343 g/mol. The maximum absolute atomic E-state index is 12.3. The number of carbonyl (C=O) groups excluding carboxylic acids is 1. The van der Waals surface area contributed by atoms with E-state index in [0.29, 0.717) is 24.8 Å². The highest BCUT2D eigenvalue weighted by Crippen LogP contribution is 2.25. The van der Waals surface area contributed by atoms with E-state index in [9.17, 15) is 4.79 Å². The summed E-state index contributed by atoms with van der Waals surface area (Å²) in [5, 5.41) is 0. The first-order chi connectivity index (χ1) is 9.49. The smallest absolute Gasteiger partial charge is 0.176 e. The van der Waals surface area contributed by atoms with E-state index in [-0.39, 0.29) is 5.78 Å². The number of Topliss-reactive ketones (excluding diaryl/α,β-unsaturated/α-hetero) is 1. The summed E-state index contributed by atoms with van der Waals surface area (Å²) in [4.78, 5) is 14.4. The summed E-state index contributed by atoms with van der Waals surface area (Å²) < 4.78 is 11.0. The van der Waals surface area contributed by atoms with Crippen LogP contribution in [-0.4, -0.2) is 50.6 Å². The second-order valence-electron chi connectivity index (χ2n) is 4.83. The van der Waals surface area contributed by atoms with E-state index in [4.69, 9.17) is 9.47 Å². The number of carbonyl (C=O) groups is 1. The van der Waals surface area contributed by atoms with Gasteiger partial charge in [0, 0.05) is 25.3 Å². The lowest BCUT2D eigenvalue weighted by atomic mass is 10.1. The molecular weight excluding hydrogens is 322 g/mol. The number of halogens is 1. The Bertz CT molecular complexity index is 449. The van der Waals surface area contributed by atoms with Crippen molar-refractivity contribution in [1.29, 1.82) is 0 Å². The lowest BCUT2D eigenvalue weighted by Crippen LogP contribution is -2.38. The van der Waals surface area contributed by atoms with E-state index in [1.165, 1.54) is 0 Å². The van der Waals surface area contributed by atoms with Crippen LogP contribution in [0.5, 0.6) is 5.75 Å². The Balaban J connectivity index is 2.75. The first-order valence-electron chi connectivity index (χ1n) is 6.59. The minimum Gasteiger partial charge on any atom is -0.496 e. The predicted molar refractivity (Wildman–Crippen MR) is 83.6 cm³/mol. The molecule has 0 aliphatic carbocycles. The molecule has 1 rings (SSSR count). The van der Waals surface area contributed by atoms with Gasteiger partial charge in [-0.15, -0.1) is 0 Å². The molecule has 0 aliphatic rings. The van der Waals surface area contributed by atoms with Crippen molar-refractivity contribution in [2.45, 2.75) is 19.9 Å². The van der Waals surface area contributed by atoms with E-state index in [1.54, 1.807) is 32.4 Å². The standard InChI is InChI=1S/C15H22BrNO3/c1-11(2)17(7-8-19-3)10-14(18)12-5-6-15(20-4)13(16)9-12/h5-6,9,11H,7-8,10H2,1-4H3. The number of benzene rings is 1. The molecule has 1 aromatic carbocycles. The molecule has 4 nitrogen and oxygen atoms in total. The Morgan fingerprint density at radius 1 is 1.35 bits per heavy atom. The molecule has 0 saturated heterocycles. The van der Waals surface area contributed by atoms with Gasteiger partial charge in [-0.1, -0.05) is 0 Å². The second-order valence-corrected chi connectivity index (χ2v) is 5.68. The second kappa shape index (κ2) is 8.39. The van der Waals surface area contributed by atoms with Crippen LogP contribution in [-0.2, 0) is 4.74 Å². The number of methoxy groups -OCH3 is 2. The Kier molecular flexibility index (Phi) is 7.19. The Morgan fingerprint density at radius 3 is 2.55 bits per heavy atom. The highest BCUT2D eigenvalue weighted by molar-refractivity contribution is 9.10. The van der Waals surface area contributed by atoms with Crippen molar-refractivity contribution in [3.63, 3.8) is 0 Å². The van der Waals surface area contributed by atoms with Crippen LogP contribution in [0.4, 0.5) is 0 Å². The van der Waals surface area contributed by atoms with Gasteiger partial charge in [0.05, 0.1) is 24.7 Å². The average molecular weight is 344 g/mol. The number of nitrogens with zero attached hydrogens (tertiary/aromatic N) is 1. The molecule has 0 aromatic heterocycles. The Labute approximate surface area is 129 Å². The summed E-state index contributed by atoms with van der Waals surface area (Å²) in [5.74, 6) is 0.819. The van der Waals surface area contributed by atoms with Gasteiger partial charge in [-0.3, -0.25) is 9.69 Å². The first-order valence-corrected chi connectivity index (χ1v) is 7.38.